The summed E-state index contributed by atoms with van der Waals surface area (Å²) in [5, 5.41) is 10.4. The first-order valence-electron chi connectivity index (χ1n) is 6.74. The Morgan fingerprint density at radius 1 is 1.09 bits per heavy atom. The van der Waals surface area contributed by atoms with E-state index in [2.05, 4.69) is 20.7 Å². The van der Waals surface area contributed by atoms with Crippen molar-refractivity contribution in [2.24, 2.45) is 0 Å². The van der Waals surface area contributed by atoms with Crippen molar-refractivity contribution in [3.8, 4) is 11.5 Å². The van der Waals surface area contributed by atoms with Crippen LogP contribution in [0.2, 0.25) is 0 Å². The van der Waals surface area contributed by atoms with Gasteiger partial charge in [0, 0.05) is 4.47 Å². The van der Waals surface area contributed by atoms with E-state index in [1.54, 1.807) is 31.2 Å². The van der Waals surface area contributed by atoms with E-state index >= 15 is 0 Å². The van der Waals surface area contributed by atoms with E-state index < -0.39 is 11.6 Å². The van der Waals surface area contributed by atoms with Crippen LogP contribution in [0.15, 0.2) is 53.0 Å². The molecule has 0 aromatic heterocycles. The van der Waals surface area contributed by atoms with Gasteiger partial charge >= 0.3 is 5.97 Å². The Morgan fingerprint density at radius 3 is 2.09 bits per heavy atom. The summed E-state index contributed by atoms with van der Waals surface area (Å²) < 4.78 is 11.3. The standard InChI is InChI=1S/C17H17BrO4/c1-17(20,11-16(19)21-2)12-3-7-14(8-4-12)22-15-9-5-13(18)6-10-15/h3-10,20H,11H2,1-2H3. The van der Waals surface area contributed by atoms with Gasteiger partial charge in [-0.25, -0.2) is 0 Å². The average molecular weight is 365 g/mol. The molecule has 22 heavy (non-hydrogen) atoms. The van der Waals surface area contributed by atoms with Crippen LogP contribution in [0, 0.1) is 0 Å². The number of ether oxygens (including phenoxy) is 2. The van der Waals surface area contributed by atoms with Crippen molar-refractivity contribution in [1.82, 2.24) is 0 Å². The number of esters is 1. The minimum atomic E-state index is -1.27. The summed E-state index contributed by atoms with van der Waals surface area (Å²) in [6.45, 7) is 1.58. The van der Waals surface area contributed by atoms with Gasteiger partial charge in [-0.15, -0.1) is 0 Å². The molecule has 2 aromatic carbocycles. The maximum Gasteiger partial charge on any atom is 0.308 e. The van der Waals surface area contributed by atoms with Gasteiger partial charge in [-0.3, -0.25) is 4.79 Å². The van der Waals surface area contributed by atoms with Crippen LogP contribution >= 0.6 is 15.9 Å². The molecule has 2 aromatic rings. The zero-order valence-corrected chi connectivity index (χ0v) is 14.0. The lowest BCUT2D eigenvalue weighted by molar-refractivity contribution is -0.145. The van der Waals surface area contributed by atoms with Crippen molar-refractivity contribution in [3.05, 3.63) is 58.6 Å². The Kier molecular flexibility index (Phi) is 5.21. The van der Waals surface area contributed by atoms with E-state index in [0.717, 1.165) is 10.2 Å². The van der Waals surface area contributed by atoms with Gasteiger partial charge in [0.2, 0.25) is 0 Å². The molecule has 0 saturated heterocycles. The van der Waals surface area contributed by atoms with E-state index in [4.69, 9.17) is 4.74 Å². The van der Waals surface area contributed by atoms with Gasteiger partial charge in [0.25, 0.3) is 0 Å². The number of hydrogen-bond acceptors (Lipinski definition) is 4. The maximum absolute atomic E-state index is 11.3. The van der Waals surface area contributed by atoms with Gasteiger partial charge in [-0.1, -0.05) is 28.1 Å². The van der Waals surface area contributed by atoms with Crippen LogP contribution in [0.4, 0.5) is 0 Å². The lowest BCUT2D eigenvalue weighted by atomic mass is 9.92. The summed E-state index contributed by atoms with van der Waals surface area (Å²) in [4.78, 5) is 11.3. The van der Waals surface area contributed by atoms with Gasteiger partial charge in [0.05, 0.1) is 19.1 Å². The van der Waals surface area contributed by atoms with Crippen molar-refractivity contribution in [1.29, 1.82) is 0 Å². The highest BCUT2D eigenvalue weighted by atomic mass is 79.9. The van der Waals surface area contributed by atoms with Crippen LogP contribution in [0.25, 0.3) is 0 Å². The minimum Gasteiger partial charge on any atom is -0.469 e. The molecule has 116 valence electrons. The number of halogens is 1. The number of carbonyl (C=O) groups is 1. The minimum absolute atomic E-state index is 0.101. The molecule has 4 nitrogen and oxygen atoms in total. The van der Waals surface area contributed by atoms with Crippen LogP contribution in [-0.2, 0) is 15.1 Å². The predicted octanol–water partition coefficient (Wildman–Crippen LogP) is 4.01. The average Bonchev–Trinajstić information content (AvgIpc) is 2.49. The fourth-order valence-corrected chi connectivity index (χ4v) is 2.24. The first kappa shape index (κ1) is 16.5. The number of rotatable bonds is 5. The van der Waals surface area contributed by atoms with Gasteiger partial charge in [-0.2, -0.15) is 0 Å². The summed E-state index contributed by atoms with van der Waals surface area (Å²) >= 11 is 3.37. The molecule has 2 rings (SSSR count). The Labute approximate surface area is 137 Å². The fourth-order valence-electron chi connectivity index (χ4n) is 1.98. The third kappa shape index (κ3) is 4.32. The molecule has 0 heterocycles. The third-order valence-electron chi connectivity index (χ3n) is 3.24. The molecule has 0 bridgehead atoms. The first-order chi connectivity index (χ1) is 10.4. The molecule has 0 aliphatic carbocycles. The molecule has 1 N–H and O–H groups in total. The van der Waals surface area contributed by atoms with Gasteiger partial charge < -0.3 is 14.6 Å². The highest BCUT2D eigenvalue weighted by Crippen LogP contribution is 2.29. The molecular weight excluding hydrogens is 348 g/mol. The molecule has 5 heteroatoms. The molecule has 0 saturated carbocycles. The third-order valence-corrected chi connectivity index (χ3v) is 3.77. The molecule has 0 amide bonds. The van der Waals surface area contributed by atoms with Gasteiger partial charge in [-0.05, 0) is 48.9 Å². The van der Waals surface area contributed by atoms with Crippen molar-refractivity contribution in [2.45, 2.75) is 18.9 Å². The van der Waals surface area contributed by atoms with E-state index in [9.17, 15) is 9.90 Å². The van der Waals surface area contributed by atoms with Crippen LogP contribution in [0.1, 0.15) is 18.9 Å². The van der Waals surface area contributed by atoms with Crippen molar-refractivity contribution in [3.63, 3.8) is 0 Å². The predicted molar refractivity (Wildman–Crippen MR) is 86.9 cm³/mol. The Balaban J connectivity index is 2.09. The van der Waals surface area contributed by atoms with Crippen LogP contribution in [-0.4, -0.2) is 18.2 Å². The lowest BCUT2D eigenvalue weighted by Gasteiger charge is -2.22. The normalized spacial score (nSPS) is 13.3. The number of methoxy groups -OCH3 is 1. The first-order valence-corrected chi connectivity index (χ1v) is 7.53. The number of aliphatic hydroxyl groups is 1. The highest BCUT2D eigenvalue weighted by Gasteiger charge is 2.27. The Bertz CT molecular complexity index is 633. The Morgan fingerprint density at radius 2 is 1.59 bits per heavy atom. The van der Waals surface area contributed by atoms with E-state index in [1.807, 2.05) is 24.3 Å². The van der Waals surface area contributed by atoms with Crippen molar-refractivity contribution >= 4 is 21.9 Å². The highest BCUT2D eigenvalue weighted by molar-refractivity contribution is 9.10. The van der Waals surface area contributed by atoms with E-state index in [1.165, 1.54) is 7.11 Å². The molecule has 1 atom stereocenters. The molecule has 0 aliphatic rings. The van der Waals surface area contributed by atoms with Crippen molar-refractivity contribution in [2.75, 3.05) is 7.11 Å². The summed E-state index contributed by atoms with van der Waals surface area (Å²) in [6.07, 6.45) is -0.101. The molecular formula is C17H17BrO4. The topological polar surface area (TPSA) is 55.8 Å². The summed E-state index contributed by atoms with van der Waals surface area (Å²) in [5.74, 6) is 0.914. The summed E-state index contributed by atoms with van der Waals surface area (Å²) in [5.41, 5.74) is -0.649. The zero-order valence-electron chi connectivity index (χ0n) is 12.4. The molecule has 0 fully saturated rings. The SMILES string of the molecule is COC(=O)CC(C)(O)c1ccc(Oc2ccc(Br)cc2)cc1. The summed E-state index contributed by atoms with van der Waals surface area (Å²) in [7, 11) is 1.30. The monoisotopic (exact) mass is 364 g/mol. The fraction of sp³-hybridized carbons (Fsp3) is 0.235. The van der Waals surface area contributed by atoms with Gasteiger partial charge in [0.1, 0.15) is 11.5 Å². The molecule has 0 radical (unpaired) electrons. The number of benzene rings is 2. The quantitative estimate of drug-likeness (QED) is 0.814. The van der Waals surface area contributed by atoms with Crippen LogP contribution in [0.3, 0.4) is 0 Å². The number of carbonyl (C=O) groups excluding carboxylic acids is 1. The Hall–Kier alpha value is -1.85. The van der Waals surface area contributed by atoms with Gasteiger partial charge in [0.15, 0.2) is 0 Å². The van der Waals surface area contributed by atoms with E-state index in [0.29, 0.717) is 11.3 Å². The molecule has 0 aliphatic heterocycles. The van der Waals surface area contributed by atoms with Crippen LogP contribution < -0.4 is 4.74 Å². The van der Waals surface area contributed by atoms with Crippen molar-refractivity contribution < 1.29 is 19.4 Å². The second-order valence-corrected chi connectivity index (χ2v) is 6.02. The smallest absolute Gasteiger partial charge is 0.308 e. The summed E-state index contributed by atoms with van der Waals surface area (Å²) in [6, 6.07) is 14.5. The second kappa shape index (κ2) is 6.94. The molecule has 1 unspecified atom stereocenters. The maximum atomic E-state index is 11.3. The number of hydrogen-bond donors (Lipinski definition) is 1. The molecule has 0 spiro atoms. The zero-order chi connectivity index (χ0) is 16.2. The largest absolute Gasteiger partial charge is 0.469 e. The van der Waals surface area contributed by atoms with E-state index in [-0.39, 0.29) is 6.42 Å². The second-order valence-electron chi connectivity index (χ2n) is 5.11. The van der Waals surface area contributed by atoms with Crippen LogP contribution in [0.5, 0.6) is 11.5 Å². The lowest BCUT2D eigenvalue weighted by Crippen LogP contribution is -2.25.